The summed E-state index contributed by atoms with van der Waals surface area (Å²) in [7, 11) is 0. The topological polar surface area (TPSA) is 116 Å². The fourth-order valence-corrected chi connectivity index (χ4v) is 3.17. The monoisotopic (exact) mass is 375 g/mol. The van der Waals surface area contributed by atoms with E-state index in [4.69, 9.17) is 0 Å². The number of benzene rings is 1. The zero-order valence-electron chi connectivity index (χ0n) is 15.7. The highest BCUT2D eigenvalue weighted by atomic mass is 16.4. The van der Waals surface area contributed by atoms with Gasteiger partial charge in [0.25, 0.3) is 0 Å². The molecule has 3 amide bonds. The summed E-state index contributed by atoms with van der Waals surface area (Å²) in [6, 6.07) is 5.26. The Bertz CT molecular complexity index is 749. The Labute approximate surface area is 157 Å². The van der Waals surface area contributed by atoms with Crippen molar-refractivity contribution in [1.29, 1.82) is 0 Å². The van der Waals surface area contributed by atoms with Gasteiger partial charge in [0, 0.05) is 19.0 Å². The van der Waals surface area contributed by atoms with Gasteiger partial charge in [0.2, 0.25) is 17.7 Å². The molecule has 0 bridgehead atoms. The molecule has 0 radical (unpaired) electrons. The minimum absolute atomic E-state index is 0.108. The van der Waals surface area contributed by atoms with Crippen molar-refractivity contribution in [2.24, 2.45) is 5.92 Å². The normalized spacial score (nSPS) is 17.6. The minimum Gasteiger partial charge on any atom is -0.480 e. The molecule has 0 aromatic heterocycles. The highest BCUT2D eigenvalue weighted by Gasteiger charge is 2.38. The molecule has 1 aromatic rings. The van der Waals surface area contributed by atoms with E-state index in [0.29, 0.717) is 12.1 Å². The van der Waals surface area contributed by atoms with Crippen molar-refractivity contribution >= 4 is 29.4 Å². The number of nitrogens with one attached hydrogen (secondary N) is 2. The molecule has 146 valence electrons. The Balaban J connectivity index is 2.10. The smallest absolute Gasteiger partial charge is 0.327 e. The molecule has 3 N–H and O–H groups in total. The predicted octanol–water partition coefficient (Wildman–Crippen LogP) is 0.696. The van der Waals surface area contributed by atoms with Crippen molar-refractivity contribution in [1.82, 2.24) is 10.6 Å². The molecule has 0 aliphatic carbocycles. The molecule has 0 saturated carbocycles. The van der Waals surface area contributed by atoms with Crippen LogP contribution in [-0.2, 0) is 25.6 Å². The van der Waals surface area contributed by atoms with Gasteiger partial charge in [-0.15, -0.1) is 0 Å². The number of carbonyl (C=O) groups is 4. The Hall–Kier alpha value is -2.90. The van der Waals surface area contributed by atoms with E-state index in [0.717, 1.165) is 5.56 Å². The van der Waals surface area contributed by atoms with Crippen molar-refractivity contribution in [3.05, 3.63) is 29.8 Å². The molecule has 3 atom stereocenters. The van der Waals surface area contributed by atoms with Gasteiger partial charge in [-0.2, -0.15) is 0 Å². The van der Waals surface area contributed by atoms with Crippen LogP contribution in [0, 0.1) is 5.92 Å². The van der Waals surface area contributed by atoms with Gasteiger partial charge in [-0.25, -0.2) is 4.79 Å². The van der Waals surface area contributed by atoms with E-state index in [1.54, 1.807) is 24.3 Å². The third-order valence-electron chi connectivity index (χ3n) is 4.80. The summed E-state index contributed by atoms with van der Waals surface area (Å²) >= 11 is 0. The van der Waals surface area contributed by atoms with Crippen LogP contribution >= 0.6 is 0 Å². The van der Waals surface area contributed by atoms with Crippen molar-refractivity contribution in [2.75, 3.05) is 11.4 Å². The zero-order valence-corrected chi connectivity index (χ0v) is 15.7. The van der Waals surface area contributed by atoms with E-state index in [9.17, 15) is 24.3 Å². The van der Waals surface area contributed by atoms with Crippen molar-refractivity contribution in [3.63, 3.8) is 0 Å². The van der Waals surface area contributed by atoms with Crippen molar-refractivity contribution in [2.45, 2.75) is 45.7 Å². The Kier molecular flexibility index (Phi) is 6.55. The highest BCUT2D eigenvalue weighted by Crippen LogP contribution is 2.32. The SMILES string of the molecule is CC[C@H](C)[C@H](NC(C)=O)C(=O)NCC(=O)N1c2ccccc2CC1C(=O)O. The summed E-state index contributed by atoms with van der Waals surface area (Å²) < 4.78 is 0. The number of fused-ring (bicyclic) bond motifs is 1. The summed E-state index contributed by atoms with van der Waals surface area (Å²) in [6.45, 7) is 4.71. The first-order chi connectivity index (χ1) is 12.8. The average molecular weight is 375 g/mol. The van der Waals surface area contributed by atoms with Crippen LogP contribution in [0.25, 0.3) is 0 Å². The highest BCUT2D eigenvalue weighted by molar-refractivity contribution is 6.04. The van der Waals surface area contributed by atoms with Crippen LogP contribution in [0.5, 0.6) is 0 Å². The third kappa shape index (κ3) is 4.64. The van der Waals surface area contributed by atoms with E-state index in [1.165, 1.54) is 11.8 Å². The summed E-state index contributed by atoms with van der Waals surface area (Å²) in [4.78, 5) is 49.2. The molecule has 1 heterocycles. The molecule has 8 nitrogen and oxygen atoms in total. The lowest BCUT2D eigenvalue weighted by Gasteiger charge is -2.25. The third-order valence-corrected chi connectivity index (χ3v) is 4.80. The van der Waals surface area contributed by atoms with Gasteiger partial charge in [-0.3, -0.25) is 19.3 Å². The van der Waals surface area contributed by atoms with E-state index in [-0.39, 0.29) is 24.8 Å². The van der Waals surface area contributed by atoms with Crippen LogP contribution in [0.2, 0.25) is 0 Å². The quantitative estimate of drug-likeness (QED) is 0.649. The summed E-state index contributed by atoms with van der Waals surface area (Å²) in [5.41, 5.74) is 1.32. The van der Waals surface area contributed by atoms with Gasteiger partial charge < -0.3 is 15.7 Å². The second-order valence-corrected chi connectivity index (χ2v) is 6.73. The first-order valence-electron chi connectivity index (χ1n) is 8.93. The fourth-order valence-electron chi connectivity index (χ4n) is 3.17. The Morgan fingerprint density at radius 3 is 2.52 bits per heavy atom. The van der Waals surface area contributed by atoms with Gasteiger partial charge in [-0.1, -0.05) is 38.5 Å². The molecular formula is C19H25N3O5. The van der Waals surface area contributed by atoms with Crippen molar-refractivity contribution in [3.8, 4) is 0 Å². The largest absolute Gasteiger partial charge is 0.480 e. The number of hydrogen-bond acceptors (Lipinski definition) is 4. The van der Waals surface area contributed by atoms with Gasteiger partial charge in [0.1, 0.15) is 12.1 Å². The number of carboxylic acids is 1. The van der Waals surface area contributed by atoms with Gasteiger partial charge in [0.15, 0.2) is 0 Å². The number of nitrogens with zero attached hydrogens (tertiary/aromatic N) is 1. The lowest BCUT2D eigenvalue weighted by molar-refractivity contribution is -0.139. The molecule has 0 fully saturated rings. The maximum atomic E-state index is 12.7. The number of carbonyl (C=O) groups excluding carboxylic acids is 3. The summed E-state index contributed by atoms with van der Waals surface area (Å²) in [5, 5.41) is 14.6. The van der Waals surface area contributed by atoms with E-state index in [2.05, 4.69) is 10.6 Å². The molecule has 27 heavy (non-hydrogen) atoms. The van der Waals surface area contributed by atoms with E-state index in [1.807, 2.05) is 13.8 Å². The number of anilines is 1. The molecule has 0 spiro atoms. The first kappa shape index (κ1) is 20.4. The lowest BCUT2D eigenvalue weighted by Crippen LogP contribution is -2.53. The number of amides is 3. The standard InChI is InChI=1S/C19H25N3O5/c1-4-11(2)17(21-12(3)23)18(25)20-10-16(24)22-14-8-6-5-7-13(14)9-15(22)19(26)27/h5-8,11,15,17H,4,9-10H2,1-3H3,(H,20,25)(H,21,23)(H,26,27)/t11-,15?,17-/m0/s1. The molecule has 1 aliphatic heterocycles. The van der Waals surface area contributed by atoms with Crippen LogP contribution in [0.15, 0.2) is 24.3 Å². The van der Waals surface area contributed by atoms with Crippen LogP contribution in [0.3, 0.4) is 0 Å². The number of hydrogen-bond donors (Lipinski definition) is 3. The molecule has 1 unspecified atom stereocenters. The fraction of sp³-hybridized carbons (Fsp3) is 0.474. The predicted molar refractivity (Wildman–Crippen MR) is 99.1 cm³/mol. The summed E-state index contributed by atoms with van der Waals surface area (Å²) in [5.74, 6) is -2.51. The van der Waals surface area contributed by atoms with Crippen LogP contribution in [0.4, 0.5) is 5.69 Å². The number of para-hydroxylation sites is 1. The molecule has 0 saturated heterocycles. The Morgan fingerprint density at radius 2 is 1.93 bits per heavy atom. The van der Waals surface area contributed by atoms with E-state index < -0.39 is 29.9 Å². The summed E-state index contributed by atoms with van der Waals surface area (Å²) in [6.07, 6.45) is 0.902. The molecule has 2 rings (SSSR count). The van der Waals surface area contributed by atoms with Crippen LogP contribution in [-0.4, -0.2) is 47.4 Å². The second kappa shape index (κ2) is 8.66. The van der Waals surface area contributed by atoms with Crippen molar-refractivity contribution < 1.29 is 24.3 Å². The molecule has 1 aromatic carbocycles. The van der Waals surface area contributed by atoms with Gasteiger partial charge in [-0.05, 0) is 17.5 Å². The van der Waals surface area contributed by atoms with Crippen LogP contribution in [0.1, 0.15) is 32.8 Å². The number of carboxylic acid groups (broad SMARTS) is 1. The molecule has 1 aliphatic rings. The Morgan fingerprint density at radius 1 is 1.26 bits per heavy atom. The average Bonchev–Trinajstić information content (AvgIpc) is 3.03. The number of rotatable bonds is 7. The maximum absolute atomic E-state index is 12.7. The minimum atomic E-state index is -1.10. The second-order valence-electron chi connectivity index (χ2n) is 6.73. The van der Waals surface area contributed by atoms with Gasteiger partial charge >= 0.3 is 5.97 Å². The maximum Gasteiger partial charge on any atom is 0.327 e. The first-order valence-corrected chi connectivity index (χ1v) is 8.93. The van der Waals surface area contributed by atoms with E-state index >= 15 is 0 Å². The molecule has 8 heteroatoms. The van der Waals surface area contributed by atoms with Crippen LogP contribution < -0.4 is 15.5 Å². The zero-order chi connectivity index (χ0) is 20.1. The lowest BCUT2D eigenvalue weighted by atomic mass is 9.98. The van der Waals surface area contributed by atoms with Gasteiger partial charge in [0.05, 0.1) is 6.54 Å². The molecular weight excluding hydrogens is 350 g/mol. The number of aliphatic carboxylic acids is 1.